The standard InChI is InChI=1S/C15H24N4/c1-13(2)18(3)11-5-4-9-16-14-7-6-8-15-17-10-12-19(14)15/h6-8,10,12-13,16H,4-5,9,11H2,1-3H3. The van der Waals surface area contributed by atoms with Crippen molar-refractivity contribution in [1.82, 2.24) is 14.3 Å². The Kier molecular flexibility index (Phi) is 4.80. The van der Waals surface area contributed by atoms with Crippen molar-refractivity contribution in [3.8, 4) is 0 Å². The molecule has 0 amide bonds. The lowest BCUT2D eigenvalue weighted by atomic mass is 10.2. The van der Waals surface area contributed by atoms with E-state index in [0.29, 0.717) is 6.04 Å². The van der Waals surface area contributed by atoms with Gasteiger partial charge in [-0.2, -0.15) is 0 Å². The predicted octanol–water partition coefficient (Wildman–Crippen LogP) is 2.87. The molecule has 0 spiro atoms. The van der Waals surface area contributed by atoms with Crippen molar-refractivity contribution in [3.05, 3.63) is 30.6 Å². The van der Waals surface area contributed by atoms with Crippen LogP contribution in [0.3, 0.4) is 0 Å². The highest BCUT2D eigenvalue weighted by atomic mass is 15.1. The van der Waals surface area contributed by atoms with Gasteiger partial charge in [-0.15, -0.1) is 0 Å². The molecule has 1 N–H and O–H groups in total. The van der Waals surface area contributed by atoms with Crippen molar-refractivity contribution in [1.29, 1.82) is 0 Å². The molecule has 0 saturated heterocycles. The Morgan fingerprint density at radius 2 is 2.16 bits per heavy atom. The number of nitrogens with one attached hydrogen (secondary N) is 1. The monoisotopic (exact) mass is 260 g/mol. The molecule has 0 aliphatic carbocycles. The third-order valence-electron chi connectivity index (χ3n) is 3.55. The number of nitrogens with zero attached hydrogens (tertiary/aromatic N) is 3. The molecule has 0 saturated carbocycles. The van der Waals surface area contributed by atoms with Gasteiger partial charge in [-0.3, -0.25) is 4.40 Å². The second-order valence-corrected chi connectivity index (χ2v) is 5.27. The molecular weight excluding hydrogens is 236 g/mol. The van der Waals surface area contributed by atoms with Crippen molar-refractivity contribution in [2.24, 2.45) is 0 Å². The van der Waals surface area contributed by atoms with E-state index in [-0.39, 0.29) is 0 Å². The number of rotatable bonds is 7. The first-order valence-corrected chi connectivity index (χ1v) is 7.04. The first-order valence-electron chi connectivity index (χ1n) is 7.04. The maximum absolute atomic E-state index is 4.28. The molecule has 0 atom stereocenters. The number of hydrogen-bond acceptors (Lipinski definition) is 3. The van der Waals surface area contributed by atoms with Gasteiger partial charge in [0.1, 0.15) is 11.5 Å². The third-order valence-corrected chi connectivity index (χ3v) is 3.55. The van der Waals surface area contributed by atoms with Crippen molar-refractivity contribution < 1.29 is 0 Å². The molecule has 19 heavy (non-hydrogen) atoms. The summed E-state index contributed by atoms with van der Waals surface area (Å²) in [6.45, 7) is 6.63. The molecule has 2 heterocycles. The zero-order valence-electron chi connectivity index (χ0n) is 12.1. The van der Waals surface area contributed by atoms with Crippen LogP contribution in [0, 0.1) is 0 Å². The normalized spacial score (nSPS) is 11.6. The molecule has 0 radical (unpaired) electrons. The summed E-state index contributed by atoms with van der Waals surface area (Å²) in [6.07, 6.45) is 6.23. The van der Waals surface area contributed by atoms with Gasteiger partial charge in [0.15, 0.2) is 0 Å². The molecule has 0 aliphatic rings. The number of aromatic nitrogens is 2. The molecule has 0 fully saturated rings. The summed E-state index contributed by atoms with van der Waals surface area (Å²) in [7, 11) is 2.18. The third kappa shape index (κ3) is 3.70. The maximum Gasteiger partial charge on any atom is 0.138 e. The SMILES string of the molecule is CC(C)N(C)CCCCNc1cccc2nccn12. The number of hydrogen-bond donors (Lipinski definition) is 1. The molecule has 2 aromatic heterocycles. The smallest absolute Gasteiger partial charge is 0.138 e. The van der Waals surface area contributed by atoms with Gasteiger partial charge in [-0.1, -0.05) is 6.07 Å². The van der Waals surface area contributed by atoms with Gasteiger partial charge in [0, 0.05) is 25.0 Å². The van der Waals surface area contributed by atoms with Crippen LogP contribution in [0.15, 0.2) is 30.6 Å². The Balaban J connectivity index is 1.76. The highest BCUT2D eigenvalue weighted by Crippen LogP contribution is 2.11. The average Bonchev–Trinajstić information content (AvgIpc) is 2.87. The summed E-state index contributed by atoms with van der Waals surface area (Å²) in [6, 6.07) is 6.78. The summed E-state index contributed by atoms with van der Waals surface area (Å²) in [4.78, 5) is 6.67. The summed E-state index contributed by atoms with van der Waals surface area (Å²) in [5.74, 6) is 1.12. The summed E-state index contributed by atoms with van der Waals surface area (Å²) >= 11 is 0. The van der Waals surface area contributed by atoms with Gasteiger partial charge in [-0.25, -0.2) is 4.98 Å². The fourth-order valence-corrected chi connectivity index (χ4v) is 2.05. The van der Waals surface area contributed by atoms with E-state index in [1.807, 2.05) is 24.5 Å². The molecule has 104 valence electrons. The highest BCUT2D eigenvalue weighted by Gasteiger charge is 2.02. The molecule has 4 nitrogen and oxygen atoms in total. The summed E-state index contributed by atoms with van der Waals surface area (Å²) in [5, 5.41) is 3.48. The number of pyridine rings is 1. The van der Waals surface area contributed by atoms with Gasteiger partial charge < -0.3 is 10.2 Å². The second-order valence-electron chi connectivity index (χ2n) is 5.27. The van der Waals surface area contributed by atoms with Gasteiger partial charge in [-0.05, 0) is 52.4 Å². The van der Waals surface area contributed by atoms with E-state index in [0.717, 1.165) is 24.6 Å². The van der Waals surface area contributed by atoms with Crippen LogP contribution in [-0.4, -0.2) is 40.5 Å². The van der Waals surface area contributed by atoms with Gasteiger partial charge in [0.2, 0.25) is 0 Å². The van der Waals surface area contributed by atoms with Crippen molar-refractivity contribution >= 4 is 11.5 Å². The van der Waals surface area contributed by atoms with Crippen molar-refractivity contribution in [3.63, 3.8) is 0 Å². The number of fused-ring (bicyclic) bond motifs is 1. The number of unbranched alkanes of at least 4 members (excludes halogenated alkanes) is 1. The van der Waals surface area contributed by atoms with Crippen LogP contribution >= 0.6 is 0 Å². The lowest BCUT2D eigenvalue weighted by Crippen LogP contribution is -2.27. The molecular formula is C15H24N4. The van der Waals surface area contributed by atoms with Gasteiger partial charge >= 0.3 is 0 Å². The van der Waals surface area contributed by atoms with E-state index in [4.69, 9.17) is 0 Å². The molecule has 0 aliphatic heterocycles. The van der Waals surface area contributed by atoms with E-state index in [2.05, 4.69) is 46.6 Å². The molecule has 0 unspecified atom stereocenters. The van der Waals surface area contributed by atoms with Crippen LogP contribution in [0.2, 0.25) is 0 Å². The molecule has 4 heteroatoms. The van der Waals surface area contributed by atoms with E-state index >= 15 is 0 Å². The first-order chi connectivity index (χ1) is 9.18. The minimum atomic E-state index is 0.632. The maximum atomic E-state index is 4.28. The van der Waals surface area contributed by atoms with E-state index in [9.17, 15) is 0 Å². The van der Waals surface area contributed by atoms with Crippen molar-refractivity contribution in [2.45, 2.75) is 32.7 Å². The lowest BCUT2D eigenvalue weighted by molar-refractivity contribution is 0.269. The van der Waals surface area contributed by atoms with Gasteiger partial charge in [0.05, 0.1) is 0 Å². The van der Waals surface area contributed by atoms with Crippen molar-refractivity contribution in [2.75, 3.05) is 25.5 Å². The predicted molar refractivity (Wildman–Crippen MR) is 80.7 cm³/mol. The van der Waals surface area contributed by atoms with Crippen LogP contribution in [-0.2, 0) is 0 Å². The Labute approximate surface area is 115 Å². The average molecular weight is 260 g/mol. The second kappa shape index (κ2) is 6.57. The van der Waals surface area contributed by atoms with Crippen LogP contribution in [0.4, 0.5) is 5.82 Å². The van der Waals surface area contributed by atoms with Crippen LogP contribution < -0.4 is 5.32 Å². The van der Waals surface area contributed by atoms with Crippen LogP contribution in [0.25, 0.3) is 5.65 Å². The Morgan fingerprint density at radius 1 is 1.32 bits per heavy atom. The largest absolute Gasteiger partial charge is 0.371 e. The quantitative estimate of drug-likeness (QED) is 0.777. The zero-order valence-corrected chi connectivity index (χ0v) is 12.1. The minimum absolute atomic E-state index is 0.632. The Hall–Kier alpha value is -1.55. The van der Waals surface area contributed by atoms with Crippen LogP contribution in [0.5, 0.6) is 0 Å². The van der Waals surface area contributed by atoms with Gasteiger partial charge in [0.25, 0.3) is 0 Å². The minimum Gasteiger partial charge on any atom is -0.371 e. The fraction of sp³-hybridized carbons (Fsp3) is 0.533. The Morgan fingerprint density at radius 3 is 2.95 bits per heavy atom. The molecule has 2 aromatic rings. The number of imidazole rings is 1. The zero-order chi connectivity index (χ0) is 13.7. The number of anilines is 1. The topological polar surface area (TPSA) is 32.6 Å². The summed E-state index contributed by atoms with van der Waals surface area (Å²) in [5.41, 5.74) is 0.990. The summed E-state index contributed by atoms with van der Waals surface area (Å²) < 4.78 is 2.08. The molecule has 0 bridgehead atoms. The van der Waals surface area contributed by atoms with E-state index in [1.165, 1.54) is 12.8 Å². The van der Waals surface area contributed by atoms with Crippen LogP contribution in [0.1, 0.15) is 26.7 Å². The fourth-order valence-electron chi connectivity index (χ4n) is 2.05. The Bertz CT molecular complexity index is 504. The highest BCUT2D eigenvalue weighted by molar-refractivity contribution is 5.49. The first kappa shape index (κ1) is 13.9. The molecule has 0 aromatic carbocycles. The lowest BCUT2D eigenvalue weighted by Gasteiger charge is -2.20. The molecule has 2 rings (SSSR count). The van der Waals surface area contributed by atoms with E-state index < -0.39 is 0 Å². The van der Waals surface area contributed by atoms with E-state index in [1.54, 1.807) is 0 Å².